The molecule has 1 saturated heterocycles. The summed E-state index contributed by atoms with van der Waals surface area (Å²) in [6.45, 7) is 6.91. The molecule has 122 valence electrons. The number of β-amino-alcohol motifs (C(OH)–C–C–N with tert-alkyl or cyclic N) is 1. The first kappa shape index (κ1) is 17.0. The van der Waals surface area contributed by atoms with Crippen LogP contribution in [0.4, 0.5) is 0 Å². The van der Waals surface area contributed by atoms with Crippen molar-refractivity contribution in [1.82, 2.24) is 4.90 Å². The molecule has 1 fully saturated rings. The molecule has 4 nitrogen and oxygen atoms in total. The van der Waals surface area contributed by atoms with Crippen LogP contribution in [0.3, 0.4) is 0 Å². The smallest absolute Gasteiger partial charge is 0.159 e. The van der Waals surface area contributed by atoms with E-state index in [4.69, 9.17) is 4.74 Å². The van der Waals surface area contributed by atoms with Crippen molar-refractivity contribution in [2.45, 2.75) is 58.2 Å². The summed E-state index contributed by atoms with van der Waals surface area (Å²) in [5.74, 6) is 0.725. The van der Waals surface area contributed by atoms with Gasteiger partial charge in [0.2, 0.25) is 0 Å². The third kappa shape index (κ3) is 4.55. The summed E-state index contributed by atoms with van der Waals surface area (Å²) in [7, 11) is 0. The topological polar surface area (TPSA) is 49.8 Å². The lowest BCUT2D eigenvalue weighted by Gasteiger charge is -2.40. The highest BCUT2D eigenvalue weighted by atomic mass is 16.5. The molecule has 1 aliphatic rings. The molecule has 0 saturated carbocycles. The van der Waals surface area contributed by atoms with Gasteiger partial charge in [-0.05, 0) is 57.9 Å². The average Bonchev–Trinajstić information content (AvgIpc) is 2.49. The number of rotatable bonds is 6. The van der Waals surface area contributed by atoms with Crippen molar-refractivity contribution in [3.8, 4) is 5.75 Å². The number of carbonyl (C=O) groups is 1. The number of likely N-dealkylation sites (tertiary alicyclic amines) is 1. The predicted octanol–water partition coefficient (Wildman–Crippen LogP) is 2.89. The maximum absolute atomic E-state index is 11.2. The fraction of sp³-hybridized carbons (Fsp3) is 0.611. The molecular weight excluding hydrogens is 278 g/mol. The molecule has 0 spiro atoms. The molecular formula is C18H27NO3. The maximum Gasteiger partial charge on any atom is 0.159 e. The number of nitrogens with zero attached hydrogens (tertiary/aromatic N) is 1. The summed E-state index contributed by atoms with van der Waals surface area (Å²) in [5.41, 5.74) is 0.670. The summed E-state index contributed by atoms with van der Waals surface area (Å²) in [6.07, 6.45) is 3.17. The van der Waals surface area contributed by atoms with Crippen LogP contribution in [0.1, 0.15) is 50.4 Å². The fourth-order valence-corrected chi connectivity index (χ4v) is 3.11. The number of carbonyl (C=O) groups excluding carboxylic acids is 1. The van der Waals surface area contributed by atoms with Gasteiger partial charge in [0.25, 0.3) is 0 Å². The van der Waals surface area contributed by atoms with Crippen molar-refractivity contribution in [3.63, 3.8) is 0 Å². The number of piperidine rings is 1. The van der Waals surface area contributed by atoms with E-state index in [2.05, 4.69) is 18.7 Å². The van der Waals surface area contributed by atoms with Crippen LogP contribution in [0.2, 0.25) is 0 Å². The number of ketones is 1. The Hall–Kier alpha value is -1.39. The predicted molar refractivity (Wildman–Crippen MR) is 87.4 cm³/mol. The number of benzene rings is 1. The highest BCUT2D eigenvalue weighted by Crippen LogP contribution is 2.22. The fourth-order valence-electron chi connectivity index (χ4n) is 3.11. The summed E-state index contributed by atoms with van der Waals surface area (Å²) in [4.78, 5) is 13.6. The normalized spacial score (nSPS) is 24.0. The van der Waals surface area contributed by atoms with Crippen LogP contribution < -0.4 is 4.74 Å². The Morgan fingerprint density at radius 1 is 1.27 bits per heavy atom. The molecule has 0 amide bonds. The number of Topliss-reactive ketones (excluding diaryl/α,β-unsaturated/α-hetero) is 1. The lowest BCUT2D eigenvalue weighted by Crippen LogP contribution is -2.48. The Morgan fingerprint density at radius 3 is 2.41 bits per heavy atom. The van der Waals surface area contributed by atoms with Crippen molar-refractivity contribution < 1.29 is 14.6 Å². The van der Waals surface area contributed by atoms with E-state index in [1.165, 1.54) is 19.3 Å². The molecule has 1 heterocycles. The summed E-state index contributed by atoms with van der Waals surface area (Å²) < 4.78 is 5.63. The highest BCUT2D eigenvalue weighted by molar-refractivity contribution is 5.94. The van der Waals surface area contributed by atoms with Crippen LogP contribution in [0.5, 0.6) is 5.75 Å². The molecule has 4 heteroatoms. The maximum atomic E-state index is 11.2. The van der Waals surface area contributed by atoms with E-state index >= 15 is 0 Å². The second-order valence-corrected chi connectivity index (χ2v) is 6.37. The zero-order valence-corrected chi connectivity index (χ0v) is 13.8. The summed E-state index contributed by atoms with van der Waals surface area (Å²) in [6, 6.07) is 8.09. The Bertz CT molecular complexity index is 476. The third-order valence-corrected chi connectivity index (χ3v) is 4.50. The van der Waals surface area contributed by atoms with E-state index in [1.807, 2.05) is 0 Å². The minimum absolute atomic E-state index is 0.0414. The van der Waals surface area contributed by atoms with Crippen LogP contribution in [-0.2, 0) is 0 Å². The van der Waals surface area contributed by atoms with E-state index in [9.17, 15) is 9.90 Å². The minimum atomic E-state index is -0.504. The quantitative estimate of drug-likeness (QED) is 0.821. The van der Waals surface area contributed by atoms with Gasteiger partial charge in [0.05, 0.1) is 0 Å². The van der Waals surface area contributed by atoms with Crippen molar-refractivity contribution in [2.75, 3.05) is 13.2 Å². The molecule has 2 rings (SSSR count). The lowest BCUT2D eigenvalue weighted by atomic mass is 9.97. The van der Waals surface area contributed by atoms with Crippen molar-refractivity contribution >= 4 is 5.78 Å². The van der Waals surface area contributed by atoms with Crippen LogP contribution in [0.25, 0.3) is 0 Å². The van der Waals surface area contributed by atoms with Crippen molar-refractivity contribution in [3.05, 3.63) is 29.8 Å². The Kier molecular flexibility index (Phi) is 5.98. The number of ether oxygens (including phenoxy) is 1. The van der Waals surface area contributed by atoms with Gasteiger partial charge in [0.1, 0.15) is 18.5 Å². The van der Waals surface area contributed by atoms with E-state index in [0.29, 0.717) is 29.9 Å². The zero-order valence-electron chi connectivity index (χ0n) is 13.8. The van der Waals surface area contributed by atoms with Crippen LogP contribution in [0, 0.1) is 0 Å². The van der Waals surface area contributed by atoms with Gasteiger partial charge in [-0.2, -0.15) is 0 Å². The number of hydrogen-bond acceptors (Lipinski definition) is 4. The first-order chi connectivity index (χ1) is 10.5. The van der Waals surface area contributed by atoms with Gasteiger partial charge in [-0.1, -0.05) is 6.42 Å². The second-order valence-electron chi connectivity index (χ2n) is 6.37. The van der Waals surface area contributed by atoms with Gasteiger partial charge in [0.15, 0.2) is 5.78 Å². The van der Waals surface area contributed by atoms with Gasteiger partial charge >= 0.3 is 0 Å². The van der Waals surface area contributed by atoms with Gasteiger partial charge < -0.3 is 9.84 Å². The highest BCUT2D eigenvalue weighted by Gasteiger charge is 2.26. The van der Waals surface area contributed by atoms with E-state index in [1.54, 1.807) is 31.2 Å². The largest absolute Gasteiger partial charge is 0.491 e. The molecule has 1 aliphatic heterocycles. The number of aliphatic hydroxyl groups excluding tert-OH is 1. The Balaban J connectivity index is 1.81. The molecule has 0 aromatic heterocycles. The minimum Gasteiger partial charge on any atom is -0.491 e. The first-order valence-corrected chi connectivity index (χ1v) is 8.15. The number of hydrogen-bond donors (Lipinski definition) is 1. The molecule has 0 bridgehead atoms. The van der Waals surface area contributed by atoms with Crippen molar-refractivity contribution in [2.24, 2.45) is 0 Å². The molecule has 22 heavy (non-hydrogen) atoms. The third-order valence-electron chi connectivity index (χ3n) is 4.50. The SMILES string of the molecule is CC(=O)c1ccc(OC[C@H](O)CN2[C@H](C)CCC[C@@H]2C)cc1. The molecule has 3 atom stereocenters. The Morgan fingerprint density at radius 2 is 1.86 bits per heavy atom. The molecule has 0 aliphatic carbocycles. The lowest BCUT2D eigenvalue weighted by molar-refractivity contribution is 0.0209. The molecule has 1 N–H and O–H groups in total. The van der Waals surface area contributed by atoms with E-state index in [-0.39, 0.29) is 12.4 Å². The van der Waals surface area contributed by atoms with E-state index < -0.39 is 6.10 Å². The Labute approximate surface area is 133 Å². The second kappa shape index (κ2) is 7.75. The monoisotopic (exact) mass is 305 g/mol. The van der Waals surface area contributed by atoms with Crippen molar-refractivity contribution in [1.29, 1.82) is 0 Å². The zero-order chi connectivity index (χ0) is 16.1. The van der Waals surface area contributed by atoms with Gasteiger partial charge in [0, 0.05) is 24.2 Å². The van der Waals surface area contributed by atoms with Crippen LogP contribution in [0.15, 0.2) is 24.3 Å². The van der Waals surface area contributed by atoms with Gasteiger partial charge in [-0.3, -0.25) is 9.69 Å². The van der Waals surface area contributed by atoms with Gasteiger partial charge in [-0.15, -0.1) is 0 Å². The molecule has 0 radical (unpaired) electrons. The van der Waals surface area contributed by atoms with Crippen LogP contribution in [-0.4, -0.2) is 47.1 Å². The summed E-state index contributed by atoms with van der Waals surface area (Å²) >= 11 is 0. The average molecular weight is 305 g/mol. The molecule has 1 aromatic rings. The van der Waals surface area contributed by atoms with Crippen LogP contribution >= 0.6 is 0 Å². The van der Waals surface area contributed by atoms with Gasteiger partial charge in [-0.25, -0.2) is 0 Å². The molecule has 0 unspecified atom stereocenters. The summed E-state index contributed by atoms with van der Waals surface area (Å²) in [5, 5.41) is 10.2. The standard InChI is InChI=1S/C18H27NO3/c1-13-5-4-6-14(2)19(13)11-17(21)12-22-18-9-7-16(8-10-18)15(3)20/h7-10,13-14,17,21H,4-6,11-12H2,1-3H3/t13-,14+,17-/m1/s1. The molecule has 1 aromatic carbocycles. The first-order valence-electron chi connectivity index (χ1n) is 8.15. The van der Waals surface area contributed by atoms with E-state index in [0.717, 1.165) is 0 Å². The number of aliphatic hydroxyl groups is 1.